The van der Waals surface area contributed by atoms with E-state index < -0.39 is 0 Å². The molecule has 7 aromatic carbocycles. The molecule has 0 spiro atoms. The molecular weight excluding hydrogens is 528 g/mol. The average molecular weight is 575 g/mol. The number of fused-ring (bicyclic) bond motifs is 4. The number of rotatable bonds is 0. The molecule has 0 aromatic heterocycles. The van der Waals surface area contributed by atoms with Crippen molar-refractivity contribution in [2.24, 2.45) is 0 Å². The van der Waals surface area contributed by atoms with Gasteiger partial charge in [-0.15, -0.1) is 0 Å². The van der Waals surface area contributed by atoms with E-state index in [4.69, 9.17) is 13.2 Å². The molecule has 44 heavy (non-hydrogen) atoms. The monoisotopic (exact) mass is 574 g/mol. The first-order chi connectivity index (χ1) is 20.6. The van der Waals surface area contributed by atoms with Gasteiger partial charge >= 0.3 is 0 Å². The molecule has 0 saturated carbocycles. The van der Waals surface area contributed by atoms with Gasteiger partial charge in [0.25, 0.3) is 0 Å². The Labute approximate surface area is 262 Å². The zero-order chi connectivity index (χ0) is 32.2. The third-order valence-electron chi connectivity index (χ3n) is 12.7. The minimum absolute atomic E-state index is 1.18. The number of hydrogen-bond donors (Lipinski definition) is 0. The van der Waals surface area contributed by atoms with Crippen LogP contribution in [0.25, 0.3) is 77.8 Å². The maximum absolute atomic E-state index is 4.92. The number of aryl methyl sites for hydroxylation is 10. The highest BCUT2D eigenvalue weighted by Crippen LogP contribution is 2.49. The summed E-state index contributed by atoms with van der Waals surface area (Å²) in [4.78, 5) is 0. The Morgan fingerprint density at radius 3 is 0.841 bits per heavy atom. The Balaban J connectivity index is 1.99. The smallest absolute Gasteiger partial charge is 0.00154 e. The van der Waals surface area contributed by atoms with Gasteiger partial charge in [0.1, 0.15) is 0 Å². The lowest BCUT2D eigenvalue weighted by Gasteiger charge is -2.27. The van der Waals surface area contributed by atoms with Gasteiger partial charge in [-0.3, -0.25) is 0 Å². The van der Waals surface area contributed by atoms with Crippen LogP contribution in [0.5, 0.6) is 0 Å². The summed E-state index contributed by atoms with van der Waals surface area (Å²) < 4.78 is 0. The lowest BCUT2D eigenvalue weighted by molar-refractivity contribution is 1.27. The van der Waals surface area contributed by atoms with E-state index in [2.05, 4.69) is 96.9 Å². The van der Waals surface area contributed by atoms with Crippen LogP contribution in [0.2, 0.25) is 0 Å². The molecule has 0 aliphatic heterocycles. The van der Waals surface area contributed by atoms with Crippen molar-refractivity contribution in [1.29, 1.82) is 0 Å². The van der Waals surface area contributed by atoms with Crippen LogP contribution in [-0.2, 0) is 0 Å². The van der Waals surface area contributed by atoms with E-state index in [1.807, 2.05) is 0 Å². The van der Waals surface area contributed by atoms with Gasteiger partial charge in [-0.05, 0) is 250 Å². The third kappa shape index (κ3) is 3.01. The topological polar surface area (TPSA) is 0 Å². The van der Waals surface area contributed by atoms with Gasteiger partial charge in [0.2, 0.25) is 0 Å². The standard InChI is InChI=1S/C44H46/c1-17-21(5)33-23(7)19(3)27(11)39-41-32(16)42-38(31(15)37(41)29(13)35(25(17)9)43(33)39)30(14)36-26(10)18(2)22(6)34-24(8)20(4)28(12)40(42)44(34)36/h9,14H2,1-8,10-13,15-16H3. The van der Waals surface area contributed by atoms with Gasteiger partial charge in [0.15, 0.2) is 0 Å². The molecule has 0 unspecified atom stereocenters. The summed E-state index contributed by atoms with van der Waals surface area (Å²) in [6, 6.07) is 0. The van der Waals surface area contributed by atoms with Crippen molar-refractivity contribution in [2.75, 3.05) is 0 Å². The van der Waals surface area contributed by atoms with Crippen LogP contribution in [-0.4, -0.2) is 0 Å². The first-order valence-corrected chi connectivity index (χ1v) is 16.2. The number of hydrogen-bond acceptors (Lipinski definition) is 0. The highest BCUT2D eigenvalue weighted by molar-refractivity contribution is 6.33. The Morgan fingerprint density at radius 2 is 0.409 bits per heavy atom. The zero-order valence-electron chi connectivity index (χ0n) is 29.4. The molecule has 0 atom stereocenters. The Kier molecular flexibility index (Phi) is 5.80. The second kappa shape index (κ2) is 8.85. The minimum Gasteiger partial charge on any atom is -0.0908 e. The van der Waals surface area contributed by atoms with Crippen LogP contribution in [0, 0.1) is 96.9 Å². The molecular formula is C44H46. The quantitative estimate of drug-likeness (QED) is 0.125. The molecule has 222 valence electrons. The fourth-order valence-corrected chi connectivity index (χ4v) is 9.48. The van der Waals surface area contributed by atoms with E-state index in [1.165, 1.54) is 153 Å². The summed E-state index contributed by atoms with van der Waals surface area (Å²) in [6.45, 7) is 42.2. The van der Waals surface area contributed by atoms with E-state index in [0.717, 1.165) is 0 Å². The number of benzene rings is 7. The van der Waals surface area contributed by atoms with Gasteiger partial charge in [0, 0.05) is 0 Å². The highest BCUT2D eigenvalue weighted by Gasteiger charge is 2.27. The van der Waals surface area contributed by atoms with Crippen molar-refractivity contribution in [3.05, 3.63) is 88.3 Å². The molecule has 0 bridgehead atoms. The van der Waals surface area contributed by atoms with Gasteiger partial charge in [-0.1, -0.05) is 13.2 Å². The SMILES string of the molecule is C=c1c(C)c(C)c2c(C)c(C)c(C)c3c4c(C)c5c(c(C)c4c(C)c1c23)c(=C)c1c(C)c(C)c(C)c2c(C)c(C)c(C)c5c21. The molecule has 0 fully saturated rings. The highest BCUT2D eigenvalue weighted by atomic mass is 14.3. The molecule has 0 radical (unpaired) electrons. The van der Waals surface area contributed by atoms with Gasteiger partial charge in [-0.2, -0.15) is 0 Å². The van der Waals surface area contributed by atoms with Crippen LogP contribution < -0.4 is 10.4 Å². The Bertz CT molecular complexity index is 2630. The first kappa shape index (κ1) is 28.8. The second-order valence-electron chi connectivity index (χ2n) is 14.2. The van der Waals surface area contributed by atoms with Crippen molar-refractivity contribution < 1.29 is 0 Å². The minimum atomic E-state index is 1.18. The predicted octanol–water partition coefficient (Wildman–Crippen LogP) is 11.2. The lowest BCUT2D eigenvalue weighted by atomic mass is 9.76. The summed E-state index contributed by atoms with van der Waals surface area (Å²) in [5, 5.41) is 19.1. The van der Waals surface area contributed by atoms with E-state index >= 15 is 0 Å². The maximum Gasteiger partial charge on any atom is -0.00154 e. The normalized spacial score (nSPS) is 12.5. The summed E-state index contributed by atoms with van der Waals surface area (Å²) >= 11 is 0. The Morgan fingerprint density at radius 1 is 0.182 bits per heavy atom. The van der Waals surface area contributed by atoms with Crippen LogP contribution in [0.1, 0.15) is 77.9 Å². The molecule has 0 heteroatoms. The summed E-state index contributed by atoms with van der Waals surface area (Å²) in [5.74, 6) is 0. The third-order valence-corrected chi connectivity index (χ3v) is 12.7. The first-order valence-electron chi connectivity index (χ1n) is 16.2. The molecule has 0 aliphatic rings. The molecule has 0 nitrogen and oxygen atoms in total. The average Bonchev–Trinajstić information content (AvgIpc) is 2.98. The predicted molar refractivity (Wildman–Crippen MR) is 199 cm³/mol. The fourth-order valence-electron chi connectivity index (χ4n) is 9.48. The zero-order valence-corrected chi connectivity index (χ0v) is 29.4. The molecule has 0 aliphatic carbocycles. The van der Waals surface area contributed by atoms with Crippen LogP contribution in [0.15, 0.2) is 0 Å². The molecule has 0 amide bonds. The van der Waals surface area contributed by atoms with Crippen LogP contribution in [0.3, 0.4) is 0 Å². The van der Waals surface area contributed by atoms with Crippen molar-refractivity contribution in [3.63, 3.8) is 0 Å². The summed E-state index contributed by atoms with van der Waals surface area (Å²) in [6.07, 6.45) is 0. The molecule has 0 N–H and O–H groups in total. The lowest BCUT2D eigenvalue weighted by Crippen LogP contribution is -2.14. The fraction of sp³-hybridized carbons (Fsp3) is 0.318. The van der Waals surface area contributed by atoms with E-state index in [0.29, 0.717) is 0 Å². The Hall–Kier alpha value is -3.90. The van der Waals surface area contributed by atoms with E-state index in [1.54, 1.807) is 0 Å². The van der Waals surface area contributed by atoms with E-state index in [-0.39, 0.29) is 0 Å². The van der Waals surface area contributed by atoms with Gasteiger partial charge in [0.05, 0.1) is 0 Å². The van der Waals surface area contributed by atoms with Crippen molar-refractivity contribution in [3.8, 4) is 0 Å². The van der Waals surface area contributed by atoms with Crippen molar-refractivity contribution in [1.82, 2.24) is 0 Å². The molecule has 7 rings (SSSR count). The van der Waals surface area contributed by atoms with Crippen LogP contribution in [0.4, 0.5) is 0 Å². The van der Waals surface area contributed by atoms with Crippen molar-refractivity contribution in [2.45, 2.75) is 96.9 Å². The van der Waals surface area contributed by atoms with Crippen LogP contribution >= 0.6 is 0 Å². The van der Waals surface area contributed by atoms with Gasteiger partial charge < -0.3 is 0 Å². The molecule has 0 saturated heterocycles. The summed E-state index contributed by atoms with van der Waals surface area (Å²) in [7, 11) is 0. The summed E-state index contributed by atoms with van der Waals surface area (Å²) in [5.41, 5.74) is 19.4. The van der Waals surface area contributed by atoms with E-state index in [9.17, 15) is 0 Å². The second-order valence-corrected chi connectivity index (χ2v) is 14.2. The largest absolute Gasteiger partial charge is 0.0908 e. The molecule has 0 heterocycles. The molecule has 7 aromatic rings. The maximum atomic E-state index is 4.92. The van der Waals surface area contributed by atoms with Gasteiger partial charge in [-0.25, -0.2) is 0 Å². The van der Waals surface area contributed by atoms with Crippen molar-refractivity contribution >= 4 is 77.8 Å².